The van der Waals surface area contributed by atoms with E-state index in [1.807, 2.05) is 0 Å². The van der Waals surface area contributed by atoms with Crippen LogP contribution in [0.25, 0.3) is 0 Å². The van der Waals surface area contributed by atoms with Crippen LogP contribution in [0.4, 0.5) is 13.2 Å². The maximum absolute atomic E-state index is 12.5. The van der Waals surface area contributed by atoms with E-state index in [-0.39, 0.29) is 5.56 Å². The molecule has 0 aromatic heterocycles. The van der Waals surface area contributed by atoms with Crippen LogP contribution in [-0.4, -0.2) is 13.5 Å². The van der Waals surface area contributed by atoms with Crippen LogP contribution in [0.3, 0.4) is 0 Å². The second-order valence-corrected chi connectivity index (χ2v) is 5.07. The van der Waals surface area contributed by atoms with Gasteiger partial charge in [-0.25, -0.2) is 13.6 Å². The molecule has 17 heavy (non-hydrogen) atoms. The third kappa shape index (κ3) is 3.42. The minimum Gasteiger partial charge on any atom is -0.389 e. The minimum absolute atomic E-state index is 0.163. The first kappa shape index (κ1) is 13.9. The highest BCUT2D eigenvalue weighted by Gasteiger charge is 2.32. The van der Waals surface area contributed by atoms with Crippen LogP contribution in [0.1, 0.15) is 24.2 Å². The summed E-state index contributed by atoms with van der Waals surface area (Å²) in [6, 6.07) is 2.02. The number of hydrogen-bond acceptors (Lipinski definition) is 3. The van der Waals surface area contributed by atoms with Crippen LogP contribution >= 0.6 is 0 Å². The Bertz CT molecular complexity index is 523. The van der Waals surface area contributed by atoms with Crippen LogP contribution in [0.2, 0.25) is 0 Å². The number of alkyl halides is 3. The molecule has 0 bridgehead atoms. The quantitative estimate of drug-likeness (QED) is 0.851. The summed E-state index contributed by atoms with van der Waals surface area (Å²) in [7, 11) is -4.25. The maximum Gasteiger partial charge on any atom is 0.416 e. The van der Waals surface area contributed by atoms with Gasteiger partial charge >= 0.3 is 6.18 Å². The average Bonchev–Trinajstić information content (AvgIpc) is 2.14. The molecule has 0 aliphatic rings. The van der Waals surface area contributed by atoms with E-state index in [1.54, 1.807) is 0 Å². The molecule has 0 amide bonds. The monoisotopic (exact) mass is 269 g/mol. The Labute approximate surface area is 95.9 Å². The predicted molar refractivity (Wildman–Crippen MR) is 53.5 cm³/mol. The summed E-state index contributed by atoms with van der Waals surface area (Å²) < 4.78 is 59.5. The number of rotatable bonds is 2. The molecule has 0 saturated carbocycles. The molecular weight excluding hydrogens is 259 g/mol. The molecule has 96 valence electrons. The lowest BCUT2D eigenvalue weighted by Crippen LogP contribution is -2.15. The molecule has 0 saturated heterocycles. The van der Waals surface area contributed by atoms with Gasteiger partial charge in [0.05, 0.1) is 16.6 Å². The minimum atomic E-state index is -4.70. The number of primary sulfonamides is 1. The number of sulfonamides is 1. The van der Waals surface area contributed by atoms with E-state index < -0.39 is 32.8 Å². The Hall–Kier alpha value is -1.12. The number of halogens is 3. The molecule has 1 aromatic carbocycles. The van der Waals surface area contributed by atoms with Gasteiger partial charge in [-0.1, -0.05) is 0 Å². The first-order chi connectivity index (χ1) is 7.51. The van der Waals surface area contributed by atoms with Gasteiger partial charge in [0, 0.05) is 0 Å². The summed E-state index contributed by atoms with van der Waals surface area (Å²) >= 11 is 0. The van der Waals surface area contributed by atoms with Crippen molar-refractivity contribution < 1.29 is 26.7 Å². The summed E-state index contributed by atoms with van der Waals surface area (Å²) in [5.74, 6) is 0. The van der Waals surface area contributed by atoms with Gasteiger partial charge in [0.15, 0.2) is 0 Å². The molecule has 0 fully saturated rings. The first-order valence-corrected chi connectivity index (χ1v) is 5.99. The molecule has 1 rings (SSSR count). The van der Waals surface area contributed by atoms with E-state index in [1.165, 1.54) is 6.92 Å². The lowest BCUT2D eigenvalue weighted by molar-refractivity contribution is -0.137. The van der Waals surface area contributed by atoms with Gasteiger partial charge in [-0.3, -0.25) is 0 Å². The van der Waals surface area contributed by atoms with Crippen molar-refractivity contribution in [1.29, 1.82) is 0 Å². The number of aliphatic hydroxyl groups is 1. The summed E-state index contributed by atoms with van der Waals surface area (Å²) in [6.45, 7) is 1.22. The van der Waals surface area contributed by atoms with Crippen molar-refractivity contribution in [3.63, 3.8) is 0 Å². The second-order valence-electron chi connectivity index (χ2n) is 3.51. The molecule has 3 N–H and O–H groups in total. The van der Waals surface area contributed by atoms with Crippen molar-refractivity contribution in [2.24, 2.45) is 5.14 Å². The Balaban J connectivity index is 3.51. The highest BCUT2D eigenvalue weighted by atomic mass is 32.2. The van der Waals surface area contributed by atoms with E-state index in [4.69, 9.17) is 5.14 Å². The lowest BCUT2D eigenvalue weighted by Gasteiger charge is -2.12. The molecule has 0 heterocycles. The van der Waals surface area contributed by atoms with Gasteiger partial charge in [-0.15, -0.1) is 0 Å². The zero-order valence-electron chi connectivity index (χ0n) is 8.69. The normalized spacial score (nSPS) is 14.7. The second kappa shape index (κ2) is 4.28. The molecule has 4 nitrogen and oxygen atoms in total. The maximum atomic E-state index is 12.5. The molecule has 0 spiro atoms. The van der Waals surface area contributed by atoms with Gasteiger partial charge < -0.3 is 5.11 Å². The van der Waals surface area contributed by atoms with Crippen molar-refractivity contribution in [2.45, 2.75) is 24.1 Å². The Morgan fingerprint density at radius 1 is 1.29 bits per heavy atom. The van der Waals surface area contributed by atoms with Crippen molar-refractivity contribution >= 4 is 10.0 Å². The molecule has 0 radical (unpaired) electrons. The zero-order valence-corrected chi connectivity index (χ0v) is 9.51. The summed E-state index contributed by atoms with van der Waals surface area (Å²) in [5.41, 5.74) is -1.33. The Kier molecular flexibility index (Phi) is 3.51. The Morgan fingerprint density at radius 2 is 1.82 bits per heavy atom. The van der Waals surface area contributed by atoms with E-state index in [9.17, 15) is 26.7 Å². The van der Waals surface area contributed by atoms with Crippen molar-refractivity contribution in [3.8, 4) is 0 Å². The highest BCUT2D eigenvalue weighted by molar-refractivity contribution is 7.89. The van der Waals surface area contributed by atoms with Gasteiger partial charge in [-0.05, 0) is 30.7 Å². The van der Waals surface area contributed by atoms with Crippen molar-refractivity contribution in [1.82, 2.24) is 0 Å². The molecule has 1 atom stereocenters. The smallest absolute Gasteiger partial charge is 0.389 e. The summed E-state index contributed by atoms with van der Waals surface area (Å²) in [6.07, 6.45) is -5.93. The first-order valence-electron chi connectivity index (χ1n) is 4.45. The Morgan fingerprint density at radius 3 is 2.18 bits per heavy atom. The third-order valence-corrected chi connectivity index (χ3v) is 2.96. The van der Waals surface area contributed by atoms with Crippen LogP contribution in [0.5, 0.6) is 0 Å². The summed E-state index contributed by atoms with van der Waals surface area (Å²) in [5, 5.41) is 14.0. The highest BCUT2D eigenvalue weighted by Crippen LogP contribution is 2.32. The number of hydrogen-bond donors (Lipinski definition) is 2. The van der Waals surface area contributed by atoms with Gasteiger partial charge in [0.1, 0.15) is 0 Å². The van der Waals surface area contributed by atoms with Crippen LogP contribution in [0.15, 0.2) is 23.1 Å². The van der Waals surface area contributed by atoms with E-state index in [0.29, 0.717) is 12.1 Å². The molecule has 0 aliphatic heterocycles. The van der Waals surface area contributed by atoms with Crippen LogP contribution in [-0.2, 0) is 16.2 Å². The topological polar surface area (TPSA) is 80.4 Å². The van der Waals surface area contributed by atoms with Crippen molar-refractivity contribution in [2.75, 3.05) is 0 Å². The third-order valence-electron chi connectivity index (χ3n) is 2.07. The van der Waals surface area contributed by atoms with Gasteiger partial charge in [-0.2, -0.15) is 13.2 Å². The SMILES string of the molecule is CC(O)c1cc(C(F)(F)F)cc(S(N)(=O)=O)c1. The van der Waals surface area contributed by atoms with E-state index in [0.717, 1.165) is 6.07 Å². The standard InChI is InChI=1S/C9H10F3NO3S/c1-5(14)6-2-7(9(10,11)12)4-8(3-6)17(13,15)16/h2-5,14H,1H3,(H2,13,15,16). The number of nitrogens with two attached hydrogens (primary N) is 1. The molecule has 1 unspecified atom stereocenters. The van der Waals surface area contributed by atoms with E-state index >= 15 is 0 Å². The summed E-state index contributed by atoms with van der Waals surface area (Å²) in [4.78, 5) is -0.678. The number of aliphatic hydroxyl groups excluding tert-OH is 1. The largest absolute Gasteiger partial charge is 0.416 e. The zero-order chi connectivity index (χ0) is 13.4. The molecule has 8 heteroatoms. The lowest BCUT2D eigenvalue weighted by atomic mass is 10.1. The van der Waals surface area contributed by atoms with Crippen LogP contribution in [0, 0.1) is 0 Å². The van der Waals surface area contributed by atoms with Crippen molar-refractivity contribution in [3.05, 3.63) is 29.3 Å². The molecular formula is C9H10F3NO3S. The van der Waals surface area contributed by atoms with Gasteiger partial charge in [0.25, 0.3) is 0 Å². The van der Waals surface area contributed by atoms with Gasteiger partial charge in [0.2, 0.25) is 10.0 Å². The number of benzene rings is 1. The average molecular weight is 269 g/mol. The predicted octanol–water partition coefficient (Wildman–Crippen LogP) is 1.41. The fourth-order valence-corrected chi connectivity index (χ4v) is 1.78. The molecule has 0 aliphatic carbocycles. The molecule has 1 aromatic rings. The van der Waals surface area contributed by atoms with Crippen LogP contribution < -0.4 is 5.14 Å². The fraction of sp³-hybridized carbons (Fsp3) is 0.333. The fourth-order valence-electron chi connectivity index (χ4n) is 1.19. The van der Waals surface area contributed by atoms with E-state index in [2.05, 4.69) is 0 Å².